The summed E-state index contributed by atoms with van der Waals surface area (Å²) in [5.74, 6) is -1.48. The van der Waals surface area contributed by atoms with Gasteiger partial charge in [0.25, 0.3) is 16.8 Å². The summed E-state index contributed by atoms with van der Waals surface area (Å²) in [6.07, 6.45) is 1.46. The highest BCUT2D eigenvalue weighted by atomic mass is 127. The first kappa shape index (κ1) is 23.2. The van der Waals surface area contributed by atoms with Crippen LogP contribution in [0.4, 0.5) is 10.5 Å². The molecule has 0 bridgehead atoms. The maximum atomic E-state index is 12.8. The smallest absolute Gasteiger partial charge is 0.341 e. The van der Waals surface area contributed by atoms with Gasteiger partial charge in [0.05, 0.1) is 20.8 Å². The van der Waals surface area contributed by atoms with Gasteiger partial charge in [0.15, 0.2) is 6.61 Å². The lowest BCUT2D eigenvalue weighted by molar-refractivity contribution is -0.384. The number of hydrogen-bond donors (Lipinski definition) is 1. The van der Waals surface area contributed by atoms with Gasteiger partial charge in [0.1, 0.15) is 5.75 Å². The lowest BCUT2D eigenvalue weighted by atomic mass is 10.1. The van der Waals surface area contributed by atoms with Crippen LogP contribution in [0.1, 0.15) is 11.1 Å². The van der Waals surface area contributed by atoms with Gasteiger partial charge in [-0.15, -0.1) is 0 Å². The lowest BCUT2D eigenvalue weighted by Gasteiger charge is -2.13. The second kappa shape index (κ2) is 9.78. The van der Waals surface area contributed by atoms with Gasteiger partial charge < -0.3 is 9.84 Å². The fourth-order valence-corrected chi connectivity index (χ4v) is 5.20. The first-order chi connectivity index (χ1) is 14.7. The molecule has 2 aromatic rings. The van der Waals surface area contributed by atoms with E-state index in [1.165, 1.54) is 24.3 Å². The van der Waals surface area contributed by atoms with E-state index < -0.39 is 28.6 Å². The molecule has 1 aliphatic heterocycles. The second-order valence-electron chi connectivity index (χ2n) is 6.18. The van der Waals surface area contributed by atoms with E-state index >= 15 is 0 Å². The fraction of sp³-hybridized carbons (Fsp3) is 0.105. The average Bonchev–Trinajstić information content (AvgIpc) is 2.94. The fourth-order valence-electron chi connectivity index (χ4n) is 2.70. The number of carboxylic acid groups (broad SMARTS) is 1. The van der Waals surface area contributed by atoms with Gasteiger partial charge in [-0.3, -0.25) is 24.6 Å². The zero-order chi connectivity index (χ0) is 22.7. The molecule has 1 saturated heterocycles. The summed E-state index contributed by atoms with van der Waals surface area (Å²) in [6.45, 7) is -0.684. The number of thioether (sulfide) groups is 1. The van der Waals surface area contributed by atoms with Crippen molar-refractivity contribution in [2.75, 3.05) is 6.61 Å². The highest BCUT2D eigenvalue weighted by Crippen LogP contribution is 2.38. The van der Waals surface area contributed by atoms with Gasteiger partial charge in [0.2, 0.25) is 0 Å². The number of rotatable bonds is 7. The number of nitro groups is 1. The predicted octanol–water partition coefficient (Wildman–Crippen LogP) is 4.66. The second-order valence-corrected chi connectivity index (χ2v) is 9.28. The molecule has 1 fully saturated rings. The largest absolute Gasteiger partial charge is 0.480 e. The molecule has 0 spiro atoms. The molecule has 1 aliphatic rings. The number of carboxylic acids is 1. The molecule has 2 aromatic carbocycles. The third-order valence-corrected chi connectivity index (χ3v) is 6.12. The van der Waals surface area contributed by atoms with Crippen LogP contribution < -0.4 is 4.74 Å². The van der Waals surface area contributed by atoms with Crippen molar-refractivity contribution < 1.29 is 29.2 Å². The number of amides is 2. The van der Waals surface area contributed by atoms with Gasteiger partial charge in [-0.05, 0) is 74.1 Å². The quantitative estimate of drug-likeness (QED) is 0.205. The van der Waals surface area contributed by atoms with Crippen molar-refractivity contribution in [1.82, 2.24) is 4.90 Å². The van der Waals surface area contributed by atoms with E-state index in [0.717, 1.165) is 20.2 Å². The molecule has 3 rings (SSSR count). The SMILES string of the molecule is O=C(O)COc1c(Br)cc(I)cc1C=C1SC(=O)N(Cc2cccc([N+](=O)[O-])c2)C1=O. The minimum absolute atomic E-state index is 0.109. The molecule has 0 aliphatic carbocycles. The third kappa shape index (κ3) is 5.62. The van der Waals surface area contributed by atoms with E-state index in [9.17, 15) is 24.5 Å². The highest BCUT2D eigenvalue weighted by molar-refractivity contribution is 14.1. The Labute approximate surface area is 201 Å². The molecule has 1 heterocycles. The minimum atomic E-state index is -1.16. The van der Waals surface area contributed by atoms with E-state index in [1.807, 2.05) is 0 Å². The van der Waals surface area contributed by atoms with Gasteiger partial charge >= 0.3 is 5.97 Å². The van der Waals surface area contributed by atoms with Crippen LogP contribution in [0, 0.1) is 13.7 Å². The Kier molecular flexibility index (Phi) is 7.33. The first-order valence-electron chi connectivity index (χ1n) is 8.48. The van der Waals surface area contributed by atoms with E-state index in [2.05, 4.69) is 38.5 Å². The molecule has 31 heavy (non-hydrogen) atoms. The number of nitrogens with zero attached hydrogens (tertiary/aromatic N) is 2. The average molecular weight is 619 g/mol. The topological polar surface area (TPSA) is 127 Å². The van der Waals surface area contributed by atoms with Gasteiger partial charge in [-0.1, -0.05) is 12.1 Å². The Hall–Kier alpha value is -2.45. The number of imide groups is 1. The number of halogens is 2. The van der Waals surface area contributed by atoms with Gasteiger partial charge in [-0.25, -0.2) is 4.79 Å². The predicted molar refractivity (Wildman–Crippen MR) is 125 cm³/mol. The van der Waals surface area contributed by atoms with Crippen LogP contribution in [-0.4, -0.2) is 38.7 Å². The zero-order valence-corrected chi connectivity index (χ0v) is 20.0. The molecule has 2 amide bonds. The van der Waals surface area contributed by atoms with E-state index in [0.29, 0.717) is 15.6 Å². The van der Waals surface area contributed by atoms with E-state index in [-0.39, 0.29) is 22.9 Å². The van der Waals surface area contributed by atoms with E-state index in [4.69, 9.17) is 9.84 Å². The van der Waals surface area contributed by atoms with Crippen molar-refractivity contribution in [2.24, 2.45) is 0 Å². The molecular formula is C19H12BrIN2O7S. The monoisotopic (exact) mass is 618 g/mol. The van der Waals surface area contributed by atoms with Crippen molar-refractivity contribution in [3.05, 3.63) is 70.6 Å². The van der Waals surface area contributed by atoms with Crippen LogP contribution in [0.3, 0.4) is 0 Å². The van der Waals surface area contributed by atoms with Crippen molar-refractivity contribution in [1.29, 1.82) is 0 Å². The Morgan fingerprint density at radius 2 is 2.06 bits per heavy atom. The van der Waals surface area contributed by atoms with Crippen LogP contribution in [0.5, 0.6) is 5.75 Å². The van der Waals surface area contributed by atoms with E-state index in [1.54, 1.807) is 18.2 Å². The summed E-state index contributed by atoms with van der Waals surface area (Å²) in [5, 5.41) is 19.3. The number of ether oxygens (including phenoxy) is 1. The standard InChI is InChI=1S/C19H12BrIN2O7S/c20-14-7-12(21)5-11(17(14)30-9-16(24)25)6-15-18(26)22(19(27)31-15)8-10-2-1-3-13(4-10)23(28)29/h1-7H,8-9H2,(H,24,25). The van der Waals surface area contributed by atoms with Crippen LogP contribution in [0.2, 0.25) is 0 Å². The van der Waals surface area contributed by atoms with Gasteiger partial charge in [-0.2, -0.15) is 0 Å². The number of nitro benzene ring substituents is 1. The molecule has 160 valence electrons. The Balaban J connectivity index is 1.89. The normalized spacial score (nSPS) is 14.9. The van der Waals surface area contributed by atoms with Crippen molar-refractivity contribution in [3.63, 3.8) is 0 Å². The minimum Gasteiger partial charge on any atom is -0.480 e. The third-order valence-electron chi connectivity index (χ3n) is 4.00. The summed E-state index contributed by atoms with van der Waals surface area (Å²) in [7, 11) is 0. The highest BCUT2D eigenvalue weighted by Gasteiger charge is 2.35. The maximum absolute atomic E-state index is 12.8. The molecule has 1 N–H and O–H groups in total. The molecule has 0 atom stereocenters. The molecule has 0 aromatic heterocycles. The van der Waals surface area contributed by atoms with Crippen molar-refractivity contribution in [2.45, 2.75) is 6.54 Å². The maximum Gasteiger partial charge on any atom is 0.341 e. The summed E-state index contributed by atoms with van der Waals surface area (Å²) in [5.41, 5.74) is 0.741. The zero-order valence-electron chi connectivity index (χ0n) is 15.4. The number of carbonyl (C=O) groups is 3. The molecule has 0 radical (unpaired) electrons. The molecule has 9 nitrogen and oxygen atoms in total. The van der Waals surface area contributed by atoms with Crippen molar-refractivity contribution >= 4 is 79.2 Å². The summed E-state index contributed by atoms with van der Waals surface area (Å²) in [4.78, 5) is 47.6. The van der Waals surface area contributed by atoms with Crippen LogP contribution >= 0.6 is 50.3 Å². The molecule has 12 heteroatoms. The Bertz CT molecular complexity index is 1140. The molecular weight excluding hydrogens is 607 g/mol. The Morgan fingerprint density at radius 1 is 1.32 bits per heavy atom. The van der Waals surface area contributed by atoms with Crippen LogP contribution in [0.25, 0.3) is 6.08 Å². The number of aliphatic carboxylic acids is 1. The lowest BCUT2D eigenvalue weighted by Crippen LogP contribution is -2.27. The first-order valence-corrected chi connectivity index (χ1v) is 11.2. The molecule has 0 unspecified atom stereocenters. The summed E-state index contributed by atoms with van der Waals surface area (Å²) < 4.78 is 6.64. The van der Waals surface area contributed by atoms with Crippen molar-refractivity contribution in [3.8, 4) is 5.75 Å². The number of hydrogen-bond acceptors (Lipinski definition) is 7. The van der Waals surface area contributed by atoms with Crippen LogP contribution in [0.15, 0.2) is 45.8 Å². The number of benzene rings is 2. The number of carbonyl (C=O) groups excluding carboxylic acids is 2. The van der Waals surface area contributed by atoms with Gasteiger partial charge in [0, 0.05) is 21.3 Å². The Morgan fingerprint density at radius 3 is 2.74 bits per heavy atom. The summed E-state index contributed by atoms with van der Waals surface area (Å²) >= 11 is 6.11. The molecule has 0 saturated carbocycles. The number of non-ortho nitro benzene ring substituents is 1. The summed E-state index contributed by atoms with van der Waals surface area (Å²) in [6, 6.07) is 9.12. The van der Waals surface area contributed by atoms with Crippen LogP contribution in [-0.2, 0) is 16.1 Å².